The average Bonchev–Trinajstić information content (AvgIpc) is 1.98. The molecule has 0 unspecified atom stereocenters. The molecule has 0 saturated carbocycles. The summed E-state index contributed by atoms with van der Waals surface area (Å²) in [5.74, 6) is -1.13. The van der Waals surface area contributed by atoms with Crippen LogP contribution in [0.1, 0.15) is 0 Å². The van der Waals surface area contributed by atoms with Crippen LogP contribution in [0.15, 0.2) is 0 Å². The zero-order valence-electron chi connectivity index (χ0n) is 3.93. The van der Waals surface area contributed by atoms with Crippen LogP contribution in [0.5, 0.6) is 0 Å². The van der Waals surface area contributed by atoms with Crippen molar-refractivity contribution in [1.82, 2.24) is 5.32 Å². The standard InChI is InChI=1S/C4H3NO2S/c6-3-2(8)1-5-4(3)7/h1H2,(H,5,7). The molecule has 1 saturated heterocycles. The fraction of sp³-hybridized carbons (Fsp3) is 0.250. The van der Waals surface area contributed by atoms with E-state index in [1.165, 1.54) is 0 Å². The first-order valence-corrected chi connectivity index (χ1v) is 2.48. The highest BCUT2D eigenvalue weighted by Gasteiger charge is 2.25. The van der Waals surface area contributed by atoms with Crippen molar-refractivity contribution < 1.29 is 9.59 Å². The Balaban J connectivity index is 2.86. The van der Waals surface area contributed by atoms with Crippen molar-refractivity contribution in [2.45, 2.75) is 0 Å². The molecule has 0 spiro atoms. The lowest BCUT2D eigenvalue weighted by molar-refractivity contribution is -0.132. The summed E-state index contributed by atoms with van der Waals surface area (Å²) in [6.45, 7) is 0.243. The van der Waals surface area contributed by atoms with Gasteiger partial charge in [0.05, 0.1) is 11.4 Å². The lowest BCUT2D eigenvalue weighted by atomic mass is 10.3. The minimum Gasteiger partial charge on any atom is -0.344 e. The molecule has 3 nitrogen and oxygen atoms in total. The van der Waals surface area contributed by atoms with Crippen LogP contribution in [-0.2, 0) is 9.59 Å². The van der Waals surface area contributed by atoms with E-state index in [2.05, 4.69) is 17.5 Å². The molecule has 1 fully saturated rings. The first-order chi connectivity index (χ1) is 3.72. The van der Waals surface area contributed by atoms with E-state index in [0.29, 0.717) is 0 Å². The summed E-state index contributed by atoms with van der Waals surface area (Å²) in [5, 5.41) is 2.29. The van der Waals surface area contributed by atoms with E-state index in [1.807, 2.05) is 0 Å². The highest BCUT2D eigenvalue weighted by Crippen LogP contribution is 1.88. The second-order valence-electron chi connectivity index (χ2n) is 1.43. The van der Waals surface area contributed by atoms with Gasteiger partial charge in [-0.25, -0.2) is 0 Å². The zero-order chi connectivity index (χ0) is 6.15. The Bertz CT molecular complexity index is 157. The first-order valence-electron chi connectivity index (χ1n) is 2.07. The molecular formula is C4H3NO2S. The van der Waals surface area contributed by atoms with Gasteiger partial charge in [-0.05, 0) is 0 Å². The van der Waals surface area contributed by atoms with Crippen molar-refractivity contribution in [3.05, 3.63) is 0 Å². The molecule has 1 N–H and O–H groups in total. The number of ketones is 1. The average molecular weight is 129 g/mol. The van der Waals surface area contributed by atoms with E-state index in [9.17, 15) is 9.59 Å². The molecule has 1 rings (SSSR count). The molecule has 0 radical (unpaired) electrons. The maximum absolute atomic E-state index is 10.4. The Morgan fingerprint density at radius 1 is 1.50 bits per heavy atom. The molecule has 0 aromatic heterocycles. The molecule has 1 heterocycles. The van der Waals surface area contributed by atoms with Crippen LogP contribution in [0.4, 0.5) is 0 Å². The Morgan fingerprint density at radius 2 is 2.12 bits per heavy atom. The van der Waals surface area contributed by atoms with Crippen LogP contribution >= 0.6 is 12.2 Å². The van der Waals surface area contributed by atoms with Gasteiger partial charge in [-0.3, -0.25) is 9.59 Å². The van der Waals surface area contributed by atoms with E-state index in [-0.39, 0.29) is 11.4 Å². The van der Waals surface area contributed by atoms with Gasteiger partial charge in [0.2, 0.25) is 0 Å². The molecule has 1 amide bonds. The Hall–Kier alpha value is -0.770. The highest BCUT2D eigenvalue weighted by molar-refractivity contribution is 7.82. The van der Waals surface area contributed by atoms with E-state index in [1.54, 1.807) is 0 Å². The molecule has 1 aliphatic rings. The predicted octanol–water partition coefficient (Wildman–Crippen LogP) is -0.945. The quantitative estimate of drug-likeness (QED) is 0.339. The lowest BCUT2D eigenvalue weighted by Crippen LogP contribution is -2.18. The number of carbonyl (C=O) groups is 2. The van der Waals surface area contributed by atoms with Crippen molar-refractivity contribution in [3.8, 4) is 0 Å². The molecule has 0 bridgehead atoms. The number of amides is 1. The van der Waals surface area contributed by atoms with Gasteiger partial charge < -0.3 is 5.32 Å². The third-order valence-corrected chi connectivity index (χ3v) is 1.20. The zero-order valence-corrected chi connectivity index (χ0v) is 4.75. The van der Waals surface area contributed by atoms with E-state index >= 15 is 0 Å². The van der Waals surface area contributed by atoms with Crippen molar-refractivity contribution in [3.63, 3.8) is 0 Å². The number of hydrogen-bond acceptors (Lipinski definition) is 3. The summed E-state index contributed by atoms with van der Waals surface area (Å²) >= 11 is 4.49. The van der Waals surface area contributed by atoms with Crippen LogP contribution in [0.2, 0.25) is 0 Å². The maximum atomic E-state index is 10.4. The molecule has 8 heavy (non-hydrogen) atoms. The minimum atomic E-state index is -0.574. The van der Waals surface area contributed by atoms with Gasteiger partial charge in [0.15, 0.2) is 0 Å². The monoisotopic (exact) mass is 129 g/mol. The first kappa shape index (κ1) is 5.37. The Kier molecular flexibility index (Phi) is 1.09. The summed E-state index contributed by atoms with van der Waals surface area (Å²) in [7, 11) is 0. The summed E-state index contributed by atoms with van der Waals surface area (Å²) in [4.78, 5) is 20.8. The number of Topliss-reactive ketones (excluding diaryl/α,β-unsaturated/α-hetero) is 1. The van der Waals surface area contributed by atoms with Gasteiger partial charge >= 0.3 is 0 Å². The van der Waals surface area contributed by atoms with Gasteiger partial charge in [0, 0.05) is 0 Å². The fourth-order valence-electron chi connectivity index (χ4n) is 0.448. The lowest BCUT2D eigenvalue weighted by Gasteiger charge is -1.77. The summed E-state index contributed by atoms with van der Waals surface area (Å²) in [5.41, 5.74) is 0. The molecule has 0 atom stereocenters. The molecule has 0 aliphatic carbocycles. The molecule has 42 valence electrons. The third kappa shape index (κ3) is 0.626. The molecule has 4 heteroatoms. The fourth-order valence-corrected chi connectivity index (χ4v) is 0.613. The Morgan fingerprint density at radius 3 is 2.25 bits per heavy atom. The van der Waals surface area contributed by atoms with Crippen molar-refractivity contribution in [1.29, 1.82) is 0 Å². The van der Waals surface area contributed by atoms with E-state index < -0.39 is 11.7 Å². The summed E-state index contributed by atoms with van der Waals surface area (Å²) in [6.07, 6.45) is 0. The van der Waals surface area contributed by atoms with Crippen LogP contribution in [0.3, 0.4) is 0 Å². The third-order valence-electron chi connectivity index (χ3n) is 0.869. The molecule has 0 aromatic rings. The van der Waals surface area contributed by atoms with Crippen molar-refractivity contribution in [2.75, 3.05) is 6.54 Å². The number of rotatable bonds is 0. The van der Waals surface area contributed by atoms with E-state index in [0.717, 1.165) is 0 Å². The SMILES string of the molecule is O=C1NCC(=S)C1=O. The van der Waals surface area contributed by atoms with Gasteiger partial charge in [0.25, 0.3) is 11.7 Å². The maximum Gasteiger partial charge on any atom is 0.293 e. The second-order valence-corrected chi connectivity index (χ2v) is 1.93. The normalized spacial score (nSPS) is 19.2. The van der Waals surface area contributed by atoms with Crippen LogP contribution in [0.25, 0.3) is 0 Å². The molecule has 0 aromatic carbocycles. The van der Waals surface area contributed by atoms with Crippen LogP contribution in [0, 0.1) is 0 Å². The number of thiocarbonyl (C=S) groups is 1. The summed E-state index contributed by atoms with van der Waals surface area (Å²) in [6, 6.07) is 0. The smallest absolute Gasteiger partial charge is 0.293 e. The van der Waals surface area contributed by atoms with Gasteiger partial charge in [-0.15, -0.1) is 0 Å². The molecular weight excluding hydrogens is 126 g/mol. The topological polar surface area (TPSA) is 46.2 Å². The van der Waals surface area contributed by atoms with Gasteiger partial charge in [-0.2, -0.15) is 0 Å². The van der Waals surface area contributed by atoms with Gasteiger partial charge in [0.1, 0.15) is 0 Å². The second kappa shape index (κ2) is 1.63. The highest BCUT2D eigenvalue weighted by atomic mass is 32.1. The van der Waals surface area contributed by atoms with Crippen LogP contribution in [-0.4, -0.2) is 23.1 Å². The molecule has 1 aliphatic heterocycles. The largest absolute Gasteiger partial charge is 0.344 e. The van der Waals surface area contributed by atoms with E-state index in [4.69, 9.17) is 0 Å². The van der Waals surface area contributed by atoms with Crippen LogP contribution < -0.4 is 5.32 Å². The minimum absolute atomic E-state index is 0.190. The number of hydrogen-bond donors (Lipinski definition) is 1. The van der Waals surface area contributed by atoms with Crippen molar-refractivity contribution >= 4 is 28.8 Å². The number of nitrogens with one attached hydrogen (secondary N) is 1. The number of carbonyl (C=O) groups excluding carboxylic acids is 2. The predicted molar refractivity (Wildman–Crippen MR) is 30.6 cm³/mol. The summed E-state index contributed by atoms with van der Waals surface area (Å²) < 4.78 is 0. The van der Waals surface area contributed by atoms with Gasteiger partial charge in [-0.1, -0.05) is 12.2 Å². The Labute approximate surface area is 51.1 Å². The van der Waals surface area contributed by atoms with Crippen molar-refractivity contribution in [2.24, 2.45) is 0 Å².